The first-order valence-electron chi connectivity index (χ1n) is 5.03. The van der Waals surface area contributed by atoms with Gasteiger partial charge >= 0.3 is 0 Å². The number of aromatic nitrogens is 3. The molecule has 0 aliphatic carbocycles. The predicted octanol–water partition coefficient (Wildman–Crippen LogP) is 1.43. The second kappa shape index (κ2) is 4.40. The van der Waals surface area contributed by atoms with Crippen molar-refractivity contribution in [3.8, 4) is 5.69 Å². The van der Waals surface area contributed by atoms with Crippen molar-refractivity contribution in [2.75, 3.05) is 7.05 Å². The molecule has 84 valence electrons. The van der Waals surface area contributed by atoms with Crippen molar-refractivity contribution in [2.24, 2.45) is 0 Å². The van der Waals surface area contributed by atoms with E-state index in [-0.39, 0.29) is 5.82 Å². The molecule has 0 aliphatic rings. The molecular weight excluding hydrogens is 207 g/mol. The van der Waals surface area contributed by atoms with Crippen molar-refractivity contribution in [3.63, 3.8) is 0 Å². The molecule has 0 atom stereocenters. The van der Waals surface area contributed by atoms with E-state index in [9.17, 15) is 4.39 Å². The molecule has 0 amide bonds. The third-order valence-electron chi connectivity index (χ3n) is 2.25. The van der Waals surface area contributed by atoms with Gasteiger partial charge in [0.25, 0.3) is 0 Å². The lowest BCUT2D eigenvalue weighted by Gasteiger charge is -2.02. The average molecular weight is 220 g/mol. The molecule has 1 aromatic heterocycles. The minimum Gasteiger partial charge on any atom is -0.314 e. The third kappa shape index (κ3) is 2.09. The van der Waals surface area contributed by atoms with E-state index >= 15 is 0 Å². The number of aryl methyl sites for hydroxylation is 1. The second-order valence-corrected chi connectivity index (χ2v) is 3.64. The van der Waals surface area contributed by atoms with Crippen LogP contribution in [0, 0.1) is 12.7 Å². The maximum Gasteiger partial charge on any atom is 0.148 e. The molecule has 0 bridgehead atoms. The molecule has 1 N–H and O–H groups in total. The Morgan fingerprint density at radius 1 is 1.44 bits per heavy atom. The highest BCUT2D eigenvalue weighted by Crippen LogP contribution is 2.14. The molecule has 0 spiro atoms. The van der Waals surface area contributed by atoms with Crippen molar-refractivity contribution in [1.82, 2.24) is 20.3 Å². The molecule has 5 heteroatoms. The lowest BCUT2D eigenvalue weighted by Crippen LogP contribution is -2.05. The molecule has 0 radical (unpaired) electrons. The molecule has 0 saturated carbocycles. The van der Waals surface area contributed by atoms with Crippen molar-refractivity contribution < 1.29 is 4.39 Å². The first kappa shape index (κ1) is 10.8. The van der Waals surface area contributed by atoms with Crippen LogP contribution in [0.15, 0.2) is 24.4 Å². The Morgan fingerprint density at radius 3 is 3.00 bits per heavy atom. The minimum absolute atomic E-state index is 0.300. The highest BCUT2D eigenvalue weighted by molar-refractivity contribution is 5.36. The van der Waals surface area contributed by atoms with Crippen LogP contribution >= 0.6 is 0 Å². The summed E-state index contributed by atoms with van der Waals surface area (Å²) in [6.45, 7) is 2.53. The van der Waals surface area contributed by atoms with Crippen LogP contribution in [0.25, 0.3) is 5.69 Å². The molecule has 0 unspecified atom stereocenters. The van der Waals surface area contributed by atoms with Crippen LogP contribution in [0.3, 0.4) is 0 Å². The summed E-state index contributed by atoms with van der Waals surface area (Å²) < 4.78 is 15.0. The van der Waals surface area contributed by atoms with E-state index in [0.29, 0.717) is 12.2 Å². The SMILES string of the molecule is CNCc1cn(-c2cc(C)ccc2F)nn1. The number of hydrogen-bond donors (Lipinski definition) is 1. The molecule has 0 aliphatic heterocycles. The number of hydrogen-bond acceptors (Lipinski definition) is 3. The Balaban J connectivity index is 2.38. The van der Waals surface area contributed by atoms with Gasteiger partial charge in [0.2, 0.25) is 0 Å². The lowest BCUT2D eigenvalue weighted by molar-refractivity contribution is 0.606. The molecule has 1 aromatic carbocycles. The zero-order valence-corrected chi connectivity index (χ0v) is 9.24. The Kier molecular flexibility index (Phi) is 2.96. The zero-order chi connectivity index (χ0) is 11.5. The molecule has 16 heavy (non-hydrogen) atoms. The summed E-state index contributed by atoms with van der Waals surface area (Å²) in [4.78, 5) is 0. The number of benzene rings is 1. The van der Waals surface area contributed by atoms with Gasteiger partial charge in [0.15, 0.2) is 0 Å². The fourth-order valence-electron chi connectivity index (χ4n) is 1.48. The van der Waals surface area contributed by atoms with Gasteiger partial charge in [-0.25, -0.2) is 9.07 Å². The van der Waals surface area contributed by atoms with Gasteiger partial charge < -0.3 is 5.32 Å². The van der Waals surface area contributed by atoms with E-state index in [2.05, 4.69) is 15.6 Å². The number of nitrogens with zero attached hydrogens (tertiary/aromatic N) is 3. The highest BCUT2D eigenvalue weighted by Gasteiger charge is 2.07. The van der Waals surface area contributed by atoms with Gasteiger partial charge in [-0.05, 0) is 31.7 Å². The largest absolute Gasteiger partial charge is 0.314 e. The topological polar surface area (TPSA) is 42.7 Å². The number of nitrogens with one attached hydrogen (secondary N) is 1. The van der Waals surface area contributed by atoms with Crippen molar-refractivity contribution >= 4 is 0 Å². The first-order chi connectivity index (χ1) is 7.70. The summed E-state index contributed by atoms with van der Waals surface area (Å²) in [7, 11) is 1.83. The van der Waals surface area contributed by atoms with Gasteiger partial charge in [-0.15, -0.1) is 5.10 Å². The lowest BCUT2D eigenvalue weighted by atomic mass is 10.2. The summed E-state index contributed by atoms with van der Waals surface area (Å²) in [5.41, 5.74) is 2.19. The van der Waals surface area contributed by atoms with E-state index in [1.807, 2.05) is 14.0 Å². The molecule has 1 heterocycles. The quantitative estimate of drug-likeness (QED) is 0.851. The third-order valence-corrected chi connectivity index (χ3v) is 2.25. The minimum atomic E-state index is -0.300. The summed E-state index contributed by atoms with van der Waals surface area (Å²) in [5.74, 6) is -0.300. The standard InChI is InChI=1S/C11H13FN4/c1-8-3-4-10(12)11(5-8)16-7-9(6-13-2)14-15-16/h3-5,7,13H,6H2,1-2H3. The molecular formula is C11H13FN4. The molecule has 0 saturated heterocycles. The van der Waals surface area contributed by atoms with Crippen LogP contribution in [-0.2, 0) is 6.54 Å². The highest BCUT2D eigenvalue weighted by atomic mass is 19.1. The van der Waals surface area contributed by atoms with E-state index in [0.717, 1.165) is 11.3 Å². The van der Waals surface area contributed by atoms with Crippen LogP contribution in [0.2, 0.25) is 0 Å². The molecule has 2 aromatic rings. The Bertz CT molecular complexity index is 492. The second-order valence-electron chi connectivity index (χ2n) is 3.64. The molecule has 2 rings (SSSR count). The fraction of sp³-hybridized carbons (Fsp3) is 0.273. The van der Waals surface area contributed by atoms with Crippen molar-refractivity contribution in [2.45, 2.75) is 13.5 Å². The first-order valence-corrected chi connectivity index (χ1v) is 5.03. The summed E-state index contributed by atoms with van der Waals surface area (Å²) in [6, 6.07) is 4.90. The smallest absolute Gasteiger partial charge is 0.148 e. The maximum absolute atomic E-state index is 13.5. The maximum atomic E-state index is 13.5. The fourth-order valence-corrected chi connectivity index (χ4v) is 1.48. The van der Waals surface area contributed by atoms with Gasteiger partial charge in [0.05, 0.1) is 11.9 Å². The van der Waals surface area contributed by atoms with Crippen LogP contribution in [0.4, 0.5) is 4.39 Å². The summed E-state index contributed by atoms with van der Waals surface area (Å²) in [5, 5.41) is 10.8. The van der Waals surface area contributed by atoms with Crippen molar-refractivity contribution in [1.29, 1.82) is 0 Å². The van der Waals surface area contributed by atoms with E-state index in [1.54, 1.807) is 18.3 Å². The van der Waals surface area contributed by atoms with Gasteiger partial charge in [0.1, 0.15) is 11.5 Å². The van der Waals surface area contributed by atoms with Crippen molar-refractivity contribution in [3.05, 3.63) is 41.5 Å². The summed E-state index contributed by atoms with van der Waals surface area (Å²) >= 11 is 0. The van der Waals surface area contributed by atoms with Gasteiger partial charge in [-0.3, -0.25) is 0 Å². The van der Waals surface area contributed by atoms with E-state index < -0.39 is 0 Å². The average Bonchev–Trinajstić information content (AvgIpc) is 2.71. The van der Waals surface area contributed by atoms with E-state index in [4.69, 9.17) is 0 Å². The van der Waals surface area contributed by atoms with Gasteiger partial charge in [0, 0.05) is 6.54 Å². The molecule has 0 fully saturated rings. The number of rotatable bonds is 3. The van der Waals surface area contributed by atoms with Crippen LogP contribution in [0.5, 0.6) is 0 Å². The molecule has 4 nitrogen and oxygen atoms in total. The van der Waals surface area contributed by atoms with E-state index in [1.165, 1.54) is 10.7 Å². The zero-order valence-electron chi connectivity index (χ0n) is 9.24. The number of halogens is 1. The monoisotopic (exact) mass is 220 g/mol. The van der Waals surface area contributed by atoms with Crippen LogP contribution < -0.4 is 5.32 Å². The van der Waals surface area contributed by atoms with Gasteiger partial charge in [-0.2, -0.15) is 0 Å². The Hall–Kier alpha value is -1.75. The Morgan fingerprint density at radius 2 is 2.25 bits per heavy atom. The van der Waals surface area contributed by atoms with Gasteiger partial charge in [-0.1, -0.05) is 11.3 Å². The Labute approximate surface area is 93.1 Å². The summed E-state index contributed by atoms with van der Waals surface area (Å²) in [6.07, 6.45) is 1.72. The predicted molar refractivity (Wildman–Crippen MR) is 58.8 cm³/mol. The van der Waals surface area contributed by atoms with Crippen LogP contribution in [-0.4, -0.2) is 22.0 Å². The van der Waals surface area contributed by atoms with Crippen LogP contribution in [0.1, 0.15) is 11.3 Å². The normalized spacial score (nSPS) is 10.7.